The molecule has 0 bridgehead atoms. The van der Waals surface area contributed by atoms with E-state index < -0.39 is 17.5 Å². The fraction of sp³-hybridized carbons (Fsp3) is 0.300. The van der Waals surface area contributed by atoms with Gasteiger partial charge >= 0.3 is 0 Å². The van der Waals surface area contributed by atoms with Gasteiger partial charge in [-0.25, -0.2) is 8.78 Å². The Bertz CT molecular complexity index is 348. The summed E-state index contributed by atoms with van der Waals surface area (Å²) in [6.45, 7) is 2.25. The molecule has 2 nitrogen and oxygen atoms in total. The van der Waals surface area contributed by atoms with Crippen LogP contribution in [0.4, 0.5) is 8.78 Å². The highest BCUT2D eigenvalue weighted by molar-refractivity contribution is 9.09. The second-order valence-corrected chi connectivity index (χ2v) is 4.71. The summed E-state index contributed by atoms with van der Waals surface area (Å²) in [6.07, 6.45) is 0. The van der Waals surface area contributed by atoms with Crippen molar-refractivity contribution in [1.29, 1.82) is 0 Å². The van der Waals surface area contributed by atoms with E-state index in [2.05, 4.69) is 21.2 Å². The van der Waals surface area contributed by atoms with Crippen molar-refractivity contribution in [2.45, 2.75) is 11.8 Å². The van der Waals surface area contributed by atoms with Crippen LogP contribution < -0.4 is 5.32 Å². The molecule has 5 heteroatoms. The van der Waals surface area contributed by atoms with Gasteiger partial charge in [0, 0.05) is 23.0 Å². The molecule has 0 aromatic heterocycles. The molecule has 82 valence electrons. The highest BCUT2D eigenvalue weighted by Crippen LogP contribution is 2.07. The van der Waals surface area contributed by atoms with Crippen LogP contribution in [0.25, 0.3) is 0 Å². The standard InChI is InChI=1S/C10H10BrF2NO/c1-6(11)5-14-10(15)7-2-8(12)4-9(13)3-7/h2-4,6H,5H2,1H3,(H,14,15). The minimum absolute atomic E-state index is 0.0133. The van der Waals surface area contributed by atoms with Crippen molar-refractivity contribution in [3.63, 3.8) is 0 Å². The van der Waals surface area contributed by atoms with E-state index in [1.807, 2.05) is 6.92 Å². The molecule has 0 aliphatic rings. The third-order valence-electron chi connectivity index (χ3n) is 1.67. The maximum atomic E-state index is 12.8. The molecule has 0 heterocycles. The highest BCUT2D eigenvalue weighted by Gasteiger charge is 2.09. The summed E-state index contributed by atoms with van der Waals surface area (Å²) < 4.78 is 25.5. The fourth-order valence-electron chi connectivity index (χ4n) is 1.02. The van der Waals surface area contributed by atoms with E-state index in [1.54, 1.807) is 0 Å². The summed E-state index contributed by atoms with van der Waals surface area (Å²) in [5.74, 6) is -2.00. The first kappa shape index (κ1) is 12.1. The van der Waals surface area contributed by atoms with Gasteiger partial charge in [-0.3, -0.25) is 4.79 Å². The Balaban J connectivity index is 2.73. The lowest BCUT2D eigenvalue weighted by Gasteiger charge is -2.06. The number of nitrogens with one attached hydrogen (secondary N) is 1. The zero-order chi connectivity index (χ0) is 11.4. The van der Waals surface area contributed by atoms with Gasteiger partial charge < -0.3 is 5.32 Å². The molecule has 15 heavy (non-hydrogen) atoms. The number of alkyl halides is 1. The Morgan fingerprint density at radius 3 is 2.40 bits per heavy atom. The van der Waals surface area contributed by atoms with Crippen LogP contribution >= 0.6 is 15.9 Å². The van der Waals surface area contributed by atoms with Crippen LogP contribution in [-0.2, 0) is 0 Å². The van der Waals surface area contributed by atoms with Gasteiger partial charge in [0.1, 0.15) is 11.6 Å². The molecule has 1 rings (SSSR count). The van der Waals surface area contributed by atoms with Crippen molar-refractivity contribution >= 4 is 21.8 Å². The maximum Gasteiger partial charge on any atom is 0.251 e. The molecule has 1 aromatic rings. The number of carbonyl (C=O) groups is 1. The topological polar surface area (TPSA) is 29.1 Å². The first-order chi connectivity index (χ1) is 6.99. The number of rotatable bonds is 3. The third kappa shape index (κ3) is 3.95. The van der Waals surface area contributed by atoms with Crippen LogP contribution in [0, 0.1) is 11.6 Å². The minimum atomic E-state index is -0.757. The molecule has 0 saturated carbocycles. The first-order valence-electron chi connectivity index (χ1n) is 4.37. The molecule has 0 aliphatic carbocycles. The summed E-state index contributed by atoms with van der Waals surface area (Å²) in [5, 5.41) is 2.53. The van der Waals surface area contributed by atoms with E-state index in [-0.39, 0.29) is 10.4 Å². The molecule has 1 aromatic carbocycles. The van der Waals surface area contributed by atoms with Gasteiger partial charge in [-0.1, -0.05) is 22.9 Å². The number of hydrogen-bond acceptors (Lipinski definition) is 1. The number of amides is 1. The van der Waals surface area contributed by atoms with Gasteiger partial charge in [-0.15, -0.1) is 0 Å². The second kappa shape index (κ2) is 5.21. The van der Waals surface area contributed by atoms with Gasteiger partial charge in [0.25, 0.3) is 5.91 Å². The lowest BCUT2D eigenvalue weighted by Crippen LogP contribution is -2.28. The minimum Gasteiger partial charge on any atom is -0.351 e. The number of carbonyl (C=O) groups excluding carboxylic acids is 1. The first-order valence-corrected chi connectivity index (χ1v) is 5.29. The zero-order valence-corrected chi connectivity index (χ0v) is 9.64. The van der Waals surface area contributed by atoms with Crippen LogP contribution in [0.1, 0.15) is 17.3 Å². The predicted octanol–water partition coefficient (Wildman–Crippen LogP) is 2.48. The molecule has 1 N–H and O–H groups in total. The molecule has 0 fully saturated rings. The summed E-state index contributed by atoms with van der Waals surface area (Å²) in [4.78, 5) is 11.5. The van der Waals surface area contributed by atoms with Crippen molar-refractivity contribution in [2.75, 3.05) is 6.54 Å². The van der Waals surface area contributed by atoms with Crippen LogP contribution in [0.15, 0.2) is 18.2 Å². The van der Waals surface area contributed by atoms with E-state index >= 15 is 0 Å². The average Bonchev–Trinajstić information content (AvgIpc) is 2.12. The van der Waals surface area contributed by atoms with Crippen LogP contribution in [0.2, 0.25) is 0 Å². The van der Waals surface area contributed by atoms with Crippen molar-refractivity contribution < 1.29 is 13.6 Å². The summed E-state index contributed by atoms with van der Waals surface area (Å²) >= 11 is 3.24. The lowest BCUT2D eigenvalue weighted by molar-refractivity contribution is 0.0953. The van der Waals surface area contributed by atoms with Gasteiger partial charge in [0.15, 0.2) is 0 Å². The van der Waals surface area contributed by atoms with Crippen LogP contribution in [-0.4, -0.2) is 17.3 Å². The maximum absolute atomic E-state index is 12.8. The Labute approximate surface area is 94.8 Å². The van der Waals surface area contributed by atoms with E-state index in [0.717, 1.165) is 18.2 Å². The zero-order valence-electron chi connectivity index (χ0n) is 8.06. The van der Waals surface area contributed by atoms with Gasteiger partial charge in [-0.2, -0.15) is 0 Å². The molecule has 0 spiro atoms. The summed E-state index contributed by atoms with van der Waals surface area (Å²) in [7, 11) is 0. The Hall–Kier alpha value is -0.970. The SMILES string of the molecule is CC(Br)CNC(=O)c1cc(F)cc(F)c1. The van der Waals surface area contributed by atoms with Crippen molar-refractivity contribution in [2.24, 2.45) is 0 Å². The molecule has 1 amide bonds. The predicted molar refractivity (Wildman–Crippen MR) is 57.1 cm³/mol. The summed E-state index contributed by atoms with van der Waals surface area (Å²) in [5.41, 5.74) is -0.0133. The van der Waals surface area contributed by atoms with Gasteiger partial charge in [0.2, 0.25) is 0 Å². The molecule has 0 saturated heterocycles. The molecule has 0 aliphatic heterocycles. The highest BCUT2D eigenvalue weighted by atomic mass is 79.9. The lowest BCUT2D eigenvalue weighted by atomic mass is 10.2. The number of halogens is 3. The van der Waals surface area contributed by atoms with Crippen molar-refractivity contribution in [3.8, 4) is 0 Å². The molecule has 1 atom stereocenters. The normalized spacial score (nSPS) is 12.3. The fourth-order valence-corrected chi connectivity index (χ4v) is 1.18. The molecular formula is C10H10BrF2NO. The third-order valence-corrected chi connectivity index (χ3v) is 1.99. The summed E-state index contributed by atoms with van der Waals surface area (Å²) in [6, 6.07) is 2.72. The molecular weight excluding hydrogens is 268 g/mol. The molecule has 1 unspecified atom stereocenters. The number of benzene rings is 1. The quantitative estimate of drug-likeness (QED) is 0.845. The largest absolute Gasteiger partial charge is 0.351 e. The van der Waals surface area contributed by atoms with E-state index in [0.29, 0.717) is 6.54 Å². The van der Waals surface area contributed by atoms with E-state index in [1.165, 1.54) is 0 Å². The van der Waals surface area contributed by atoms with E-state index in [9.17, 15) is 13.6 Å². The van der Waals surface area contributed by atoms with Gasteiger partial charge in [0.05, 0.1) is 0 Å². The van der Waals surface area contributed by atoms with Crippen molar-refractivity contribution in [3.05, 3.63) is 35.4 Å². The smallest absolute Gasteiger partial charge is 0.251 e. The van der Waals surface area contributed by atoms with Crippen LogP contribution in [0.3, 0.4) is 0 Å². The van der Waals surface area contributed by atoms with E-state index in [4.69, 9.17) is 0 Å². The average molecular weight is 278 g/mol. The monoisotopic (exact) mass is 277 g/mol. The Morgan fingerprint density at radius 2 is 1.93 bits per heavy atom. The Morgan fingerprint density at radius 1 is 1.40 bits per heavy atom. The van der Waals surface area contributed by atoms with Crippen molar-refractivity contribution in [1.82, 2.24) is 5.32 Å². The van der Waals surface area contributed by atoms with Crippen LogP contribution in [0.5, 0.6) is 0 Å². The van der Waals surface area contributed by atoms with Gasteiger partial charge in [-0.05, 0) is 12.1 Å². The second-order valence-electron chi connectivity index (χ2n) is 3.15. The number of hydrogen-bond donors (Lipinski definition) is 1. The Kier molecular flexibility index (Phi) is 4.20. The molecule has 0 radical (unpaired) electrons.